The number of pyridine rings is 1. The Morgan fingerprint density at radius 2 is 1.78 bits per heavy atom. The number of likely N-dealkylation sites (tertiary alicyclic amines) is 2. The highest BCUT2D eigenvalue weighted by Crippen LogP contribution is 2.45. The maximum Gasteiger partial charge on any atom is 0.249 e. The molecule has 1 spiro atoms. The van der Waals surface area contributed by atoms with Gasteiger partial charge >= 0.3 is 0 Å². The summed E-state index contributed by atoms with van der Waals surface area (Å²) in [4.78, 5) is 33.2. The van der Waals surface area contributed by atoms with Crippen LogP contribution in [-0.2, 0) is 16.1 Å². The normalized spacial score (nSPS) is 24.7. The molecule has 3 aliphatic rings. The lowest BCUT2D eigenvalue weighted by Crippen LogP contribution is -2.55. The van der Waals surface area contributed by atoms with E-state index in [0.29, 0.717) is 32.5 Å². The van der Waals surface area contributed by atoms with E-state index in [1.807, 2.05) is 17.0 Å². The van der Waals surface area contributed by atoms with Crippen LogP contribution in [0.4, 0.5) is 8.78 Å². The molecule has 1 aromatic heterocycles. The van der Waals surface area contributed by atoms with E-state index >= 15 is 0 Å². The summed E-state index contributed by atoms with van der Waals surface area (Å²) in [5.41, 5.74) is 0.667. The van der Waals surface area contributed by atoms with Crippen LogP contribution in [0.25, 0.3) is 0 Å². The molecule has 27 heavy (non-hydrogen) atoms. The predicted octanol–water partition coefficient (Wildman–Crippen LogP) is 2.86. The third kappa shape index (κ3) is 3.56. The monoisotopic (exact) mass is 377 g/mol. The number of alkyl halides is 2. The number of rotatable bonds is 3. The van der Waals surface area contributed by atoms with Crippen molar-refractivity contribution in [3.63, 3.8) is 0 Å². The van der Waals surface area contributed by atoms with E-state index in [0.717, 1.165) is 24.9 Å². The molecule has 0 unspecified atom stereocenters. The van der Waals surface area contributed by atoms with Crippen molar-refractivity contribution in [1.29, 1.82) is 0 Å². The van der Waals surface area contributed by atoms with Crippen LogP contribution in [0.1, 0.15) is 44.1 Å². The van der Waals surface area contributed by atoms with Crippen LogP contribution in [0, 0.1) is 11.3 Å². The Hall–Kier alpha value is -2.05. The first kappa shape index (κ1) is 18.3. The maximum absolute atomic E-state index is 13.2. The number of amides is 2. The van der Waals surface area contributed by atoms with Gasteiger partial charge in [-0.3, -0.25) is 14.6 Å². The molecular formula is C20H25F2N3O2. The van der Waals surface area contributed by atoms with Crippen molar-refractivity contribution in [2.24, 2.45) is 11.3 Å². The zero-order chi connectivity index (χ0) is 19.1. The fraction of sp³-hybridized carbons (Fsp3) is 0.650. The Kier molecular flexibility index (Phi) is 4.64. The van der Waals surface area contributed by atoms with E-state index in [9.17, 15) is 18.4 Å². The zero-order valence-electron chi connectivity index (χ0n) is 15.4. The second-order valence-corrected chi connectivity index (χ2v) is 8.25. The standard InChI is InChI=1S/C20H25F2N3O2/c21-20(22)12-16(13-20)17(26)24-10-5-19(6-11-24)4-1-9-25(18(19)27)14-15-2-7-23-8-3-15/h2-3,7-8,16H,1,4-6,9-14H2. The number of hydrogen-bond donors (Lipinski definition) is 0. The fourth-order valence-electron chi connectivity index (χ4n) is 4.72. The number of carbonyl (C=O) groups is 2. The summed E-state index contributed by atoms with van der Waals surface area (Å²) in [5.74, 6) is -3.20. The van der Waals surface area contributed by atoms with Gasteiger partial charge in [0.2, 0.25) is 17.7 Å². The second kappa shape index (κ2) is 6.84. The quantitative estimate of drug-likeness (QED) is 0.814. The SMILES string of the molecule is O=C(C1CC(F)(F)C1)N1CCC2(CCCN(Cc3ccncc3)C2=O)CC1. The Bertz CT molecular complexity index is 709. The van der Waals surface area contributed by atoms with Gasteiger partial charge in [-0.2, -0.15) is 0 Å². The Labute approximate surface area is 157 Å². The van der Waals surface area contributed by atoms with Gasteiger partial charge in [0.25, 0.3) is 0 Å². The van der Waals surface area contributed by atoms with Gasteiger partial charge in [0.1, 0.15) is 0 Å². The van der Waals surface area contributed by atoms with Gasteiger partial charge in [-0.05, 0) is 43.4 Å². The van der Waals surface area contributed by atoms with E-state index in [1.165, 1.54) is 0 Å². The number of nitrogens with zero attached hydrogens (tertiary/aromatic N) is 3. The smallest absolute Gasteiger partial charge is 0.249 e. The van der Waals surface area contributed by atoms with Gasteiger partial charge in [0.05, 0.1) is 5.41 Å². The first-order valence-corrected chi connectivity index (χ1v) is 9.74. The molecule has 4 rings (SSSR count). The molecular weight excluding hydrogens is 352 g/mol. The van der Waals surface area contributed by atoms with Crippen molar-refractivity contribution in [2.45, 2.75) is 51.0 Å². The highest BCUT2D eigenvalue weighted by Gasteiger charge is 2.51. The average molecular weight is 377 g/mol. The summed E-state index contributed by atoms with van der Waals surface area (Å²) in [5, 5.41) is 0. The third-order valence-electron chi connectivity index (χ3n) is 6.42. The zero-order valence-corrected chi connectivity index (χ0v) is 15.4. The van der Waals surface area contributed by atoms with Gasteiger partial charge < -0.3 is 9.80 Å². The molecule has 0 bridgehead atoms. The molecule has 2 aliphatic heterocycles. The minimum atomic E-state index is -2.68. The first-order valence-electron chi connectivity index (χ1n) is 9.74. The van der Waals surface area contributed by atoms with Gasteiger partial charge in [0, 0.05) is 57.3 Å². The number of aromatic nitrogens is 1. The largest absolute Gasteiger partial charge is 0.342 e. The van der Waals surface area contributed by atoms with Crippen molar-refractivity contribution in [1.82, 2.24) is 14.8 Å². The minimum absolute atomic E-state index is 0.160. The number of carbonyl (C=O) groups excluding carboxylic acids is 2. The molecule has 5 nitrogen and oxygen atoms in total. The summed E-state index contributed by atoms with van der Waals surface area (Å²) in [6, 6.07) is 3.84. The molecule has 0 N–H and O–H groups in total. The molecule has 2 saturated heterocycles. The van der Waals surface area contributed by atoms with Crippen LogP contribution in [0.15, 0.2) is 24.5 Å². The molecule has 1 saturated carbocycles. The lowest BCUT2D eigenvalue weighted by atomic mass is 9.71. The number of hydrogen-bond acceptors (Lipinski definition) is 3. The predicted molar refractivity (Wildman–Crippen MR) is 94.8 cm³/mol. The van der Waals surface area contributed by atoms with Crippen molar-refractivity contribution in [2.75, 3.05) is 19.6 Å². The van der Waals surface area contributed by atoms with E-state index in [-0.39, 0.29) is 24.7 Å². The highest BCUT2D eigenvalue weighted by molar-refractivity contribution is 5.85. The van der Waals surface area contributed by atoms with Crippen LogP contribution in [-0.4, -0.2) is 52.2 Å². The van der Waals surface area contributed by atoms with Gasteiger partial charge in [0.15, 0.2) is 0 Å². The molecule has 7 heteroatoms. The Balaban J connectivity index is 1.37. The molecule has 2 amide bonds. The summed E-state index contributed by atoms with van der Waals surface area (Å²) in [7, 11) is 0. The van der Waals surface area contributed by atoms with Gasteiger partial charge in [-0.25, -0.2) is 8.78 Å². The summed E-state index contributed by atoms with van der Waals surface area (Å²) >= 11 is 0. The molecule has 1 aliphatic carbocycles. The first-order chi connectivity index (χ1) is 12.9. The number of piperidine rings is 2. The maximum atomic E-state index is 13.2. The fourth-order valence-corrected chi connectivity index (χ4v) is 4.72. The van der Waals surface area contributed by atoms with Crippen LogP contribution in [0.3, 0.4) is 0 Å². The lowest BCUT2D eigenvalue weighted by molar-refractivity contribution is -0.165. The Morgan fingerprint density at radius 3 is 2.41 bits per heavy atom. The number of halogens is 2. The lowest BCUT2D eigenvalue weighted by Gasteiger charge is -2.47. The molecule has 146 valence electrons. The van der Waals surface area contributed by atoms with Gasteiger partial charge in [-0.15, -0.1) is 0 Å². The highest BCUT2D eigenvalue weighted by atomic mass is 19.3. The van der Waals surface area contributed by atoms with E-state index < -0.39 is 17.3 Å². The molecule has 0 atom stereocenters. The Morgan fingerprint density at radius 1 is 1.11 bits per heavy atom. The van der Waals surface area contributed by atoms with E-state index in [4.69, 9.17) is 0 Å². The average Bonchev–Trinajstić information content (AvgIpc) is 2.64. The topological polar surface area (TPSA) is 53.5 Å². The molecule has 0 aromatic carbocycles. The molecule has 3 fully saturated rings. The van der Waals surface area contributed by atoms with Crippen molar-refractivity contribution < 1.29 is 18.4 Å². The minimum Gasteiger partial charge on any atom is -0.342 e. The van der Waals surface area contributed by atoms with Crippen molar-refractivity contribution in [3.05, 3.63) is 30.1 Å². The summed E-state index contributed by atoms with van der Waals surface area (Å²) < 4.78 is 26.1. The summed E-state index contributed by atoms with van der Waals surface area (Å²) in [6.07, 6.45) is 5.88. The molecule has 0 radical (unpaired) electrons. The van der Waals surface area contributed by atoms with Crippen LogP contribution >= 0.6 is 0 Å². The van der Waals surface area contributed by atoms with E-state index in [2.05, 4.69) is 4.98 Å². The second-order valence-electron chi connectivity index (χ2n) is 8.25. The molecule has 1 aromatic rings. The van der Waals surface area contributed by atoms with Crippen molar-refractivity contribution in [3.8, 4) is 0 Å². The van der Waals surface area contributed by atoms with Crippen molar-refractivity contribution >= 4 is 11.8 Å². The third-order valence-corrected chi connectivity index (χ3v) is 6.42. The summed E-state index contributed by atoms with van der Waals surface area (Å²) in [6.45, 7) is 2.33. The van der Waals surface area contributed by atoms with Crippen LogP contribution < -0.4 is 0 Å². The van der Waals surface area contributed by atoms with Crippen LogP contribution in [0.2, 0.25) is 0 Å². The molecule has 3 heterocycles. The van der Waals surface area contributed by atoms with Crippen LogP contribution in [0.5, 0.6) is 0 Å². The van der Waals surface area contributed by atoms with E-state index in [1.54, 1.807) is 17.3 Å². The van der Waals surface area contributed by atoms with Gasteiger partial charge in [-0.1, -0.05) is 0 Å².